The molecular formula is C18H27N3O3S. The summed E-state index contributed by atoms with van der Waals surface area (Å²) in [5.74, 6) is 1.39. The second-order valence-corrected chi connectivity index (χ2v) is 8.20. The van der Waals surface area contributed by atoms with Gasteiger partial charge in [-0.2, -0.15) is 0 Å². The van der Waals surface area contributed by atoms with Crippen molar-refractivity contribution >= 4 is 28.3 Å². The maximum Gasteiger partial charge on any atom is 0.269 e. The van der Waals surface area contributed by atoms with Crippen LogP contribution in [0.25, 0.3) is 0 Å². The lowest BCUT2D eigenvalue weighted by Gasteiger charge is -2.29. The molecule has 0 amide bonds. The number of amidine groups is 1. The van der Waals surface area contributed by atoms with Crippen molar-refractivity contribution in [3.05, 3.63) is 33.9 Å². The van der Waals surface area contributed by atoms with E-state index in [0.29, 0.717) is 5.92 Å². The number of aliphatic hydroxyl groups excluding tert-OH is 1. The SMILES string of the molecule is CC(C)CN1C(=Nc2ccc([N+](=O)[O-])cc2C(C)C)SC[C@H]1[C@@H](C)O. The Kier molecular flexibility index (Phi) is 6.46. The zero-order valence-electron chi connectivity index (χ0n) is 15.5. The third-order valence-electron chi connectivity index (χ3n) is 4.21. The molecule has 2 rings (SSSR count). The highest BCUT2D eigenvalue weighted by molar-refractivity contribution is 8.14. The van der Waals surface area contributed by atoms with Crippen molar-refractivity contribution in [2.45, 2.75) is 52.7 Å². The third-order valence-corrected chi connectivity index (χ3v) is 5.30. The summed E-state index contributed by atoms with van der Waals surface area (Å²) >= 11 is 1.64. The van der Waals surface area contributed by atoms with Gasteiger partial charge in [-0.05, 0) is 30.4 Å². The van der Waals surface area contributed by atoms with Crippen LogP contribution in [0.4, 0.5) is 11.4 Å². The fourth-order valence-electron chi connectivity index (χ4n) is 2.90. The first-order valence-corrected chi connectivity index (χ1v) is 9.63. The van der Waals surface area contributed by atoms with Crippen LogP contribution in [-0.4, -0.2) is 44.5 Å². The predicted octanol–water partition coefficient (Wildman–Crippen LogP) is 4.16. The van der Waals surface area contributed by atoms with Crippen molar-refractivity contribution < 1.29 is 10.0 Å². The Balaban J connectivity index is 2.42. The van der Waals surface area contributed by atoms with E-state index >= 15 is 0 Å². The van der Waals surface area contributed by atoms with Crippen LogP contribution in [0.2, 0.25) is 0 Å². The number of nitrogens with zero attached hydrogens (tertiary/aromatic N) is 3. The first kappa shape index (κ1) is 19.7. The van der Waals surface area contributed by atoms with Gasteiger partial charge in [-0.15, -0.1) is 0 Å². The number of benzene rings is 1. The molecule has 25 heavy (non-hydrogen) atoms. The minimum Gasteiger partial charge on any atom is -0.391 e. The standard InChI is InChI=1S/C18H27N3O3S/c1-11(2)9-20-17(13(5)22)10-25-18(20)19-16-7-6-14(21(23)24)8-15(16)12(3)4/h6-8,11-13,17,22H,9-10H2,1-5H3/t13-,17+/m1/s1. The molecule has 0 aromatic heterocycles. The first-order valence-electron chi connectivity index (χ1n) is 8.65. The number of hydrogen-bond acceptors (Lipinski definition) is 5. The van der Waals surface area contributed by atoms with E-state index in [4.69, 9.17) is 4.99 Å². The molecule has 1 heterocycles. The second kappa shape index (κ2) is 8.19. The zero-order chi connectivity index (χ0) is 18.7. The largest absolute Gasteiger partial charge is 0.391 e. The van der Waals surface area contributed by atoms with Crippen LogP contribution in [0.1, 0.15) is 46.1 Å². The van der Waals surface area contributed by atoms with E-state index in [-0.39, 0.29) is 22.6 Å². The molecule has 138 valence electrons. The smallest absolute Gasteiger partial charge is 0.269 e. The van der Waals surface area contributed by atoms with E-state index in [0.717, 1.165) is 28.7 Å². The maximum absolute atomic E-state index is 11.1. The number of nitro benzene ring substituents is 1. The topological polar surface area (TPSA) is 79.0 Å². The highest BCUT2D eigenvalue weighted by Crippen LogP contribution is 2.34. The number of nitro groups is 1. The summed E-state index contributed by atoms with van der Waals surface area (Å²) in [4.78, 5) is 17.7. The van der Waals surface area contributed by atoms with Gasteiger partial charge >= 0.3 is 0 Å². The minimum absolute atomic E-state index is 0.0479. The average molecular weight is 365 g/mol. The number of hydrogen-bond donors (Lipinski definition) is 1. The van der Waals surface area contributed by atoms with Gasteiger partial charge in [0.15, 0.2) is 5.17 Å². The number of rotatable bonds is 6. The number of thioether (sulfide) groups is 1. The summed E-state index contributed by atoms with van der Waals surface area (Å²) in [7, 11) is 0. The van der Waals surface area contributed by atoms with E-state index in [1.165, 1.54) is 6.07 Å². The lowest BCUT2D eigenvalue weighted by molar-refractivity contribution is -0.384. The van der Waals surface area contributed by atoms with E-state index < -0.39 is 6.10 Å². The monoisotopic (exact) mass is 365 g/mol. The summed E-state index contributed by atoms with van der Waals surface area (Å²) < 4.78 is 0. The molecule has 7 heteroatoms. The lowest BCUT2D eigenvalue weighted by Crippen LogP contribution is -2.43. The van der Waals surface area contributed by atoms with E-state index in [2.05, 4.69) is 18.7 Å². The van der Waals surface area contributed by atoms with Gasteiger partial charge in [0, 0.05) is 24.4 Å². The van der Waals surface area contributed by atoms with Crippen molar-refractivity contribution in [3.63, 3.8) is 0 Å². The highest BCUT2D eigenvalue weighted by Gasteiger charge is 2.33. The predicted molar refractivity (Wildman–Crippen MR) is 104 cm³/mol. The van der Waals surface area contributed by atoms with E-state index in [1.54, 1.807) is 23.9 Å². The normalized spacial score (nSPS) is 20.7. The molecule has 1 aromatic carbocycles. The van der Waals surface area contributed by atoms with Gasteiger partial charge in [0.05, 0.1) is 22.8 Å². The molecule has 1 saturated heterocycles. The van der Waals surface area contributed by atoms with Crippen LogP contribution in [-0.2, 0) is 0 Å². The second-order valence-electron chi connectivity index (χ2n) is 7.21. The fourth-order valence-corrected chi connectivity index (χ4v) is 4.22. The molecule has 1 aliphatic heterocycles. The molecule has 0 saturated carbocycles. The van der Waals surface area contributed by atoms with E-state index in [1.807, 2.05) is 20.8 Å². The molecule has 0 spiro atoms. The summed E-state index contributed by atoms with van der Waals surface area (Å²) in [6.07, 6.45) is -0.430. The molecule has 6 nitrogen and oxygen atoms in total. The molecule has 1 aliphatic rings. The quantitative estimate of drug-likeness (QED) is 0.605. The van der Waals surface area contributed by atoms with Crippen LogP contribution >= 0.6 is 11.8 Å². The summed E-state index contributed by atoms with van der Waals surface area (Å²) in [6, 6.07) is 4.89. The van der Waals surface area contributed by atoms with Crippen molar-refractivity contribution in [1.29, 1.82) is 0 Å². The van der Waals surface area contributed by atoms with Gasteiger partial charge in [-0.3, -0.25) is 10.1 Å². The van der Waals surface area contributed by atoms with Crippen LogP contribution in [0, 0.1) is 16.0 Å². The molecular weight excluding hydrogens is 338 g/mol. The van der Waals surface area contributed by atoms with Crippen molar-refractivity contribution in [1.82, 2.24) is 4.90 Å². The molecule has 1 fully saturated rings. The van der Waals surface area contributed by atoms with Gasteiger partial charge in [-0.25, -0.2) is 4.99 Å². The summed E-state index contributed by atoms with van der Waals surface area (Å²) in [5.41, 5.74) is 1.73. The molecule has 2 atom stereocenters. The Morgan fingerprint density at radius 1 is 1.36 bits per heavy atom. The molecule has 1 N–H and O–H groups in total. The number of aliphatic hydroxyl groups is 1. The minimum atomic E-state index is -0.430. The van der Waals surface area contributed by atoms with Gasteiger partial charge in [0.1, 0.15) is 0 Å². The van der Waals surface area contributed by atoms with Gasteiger partial charge in [0.25, 0.3) is 5.69 Å². The van der Waals surface area contributed by atoms with Crippen molar-refractivity contribution in [2.24, 2.45) is 10.9 Å². The first-order chi connectivity index (χ1) is 11.7. The van der Waals surface area contributed by atoms with Gasteiger partial charge in [0.2, 0.25) is 0 Å². The molecule has 0 aliphatic carbocycles. The number of aliphatic imine (C=N–C) groups is 1. The van der Waals surface area contributed by atoms with Gasteiger partial charge < -0.3 is 10.0 Å². The summed E-state index contributed by atoms with van der Waals surface area (Å²) in [6.45, 7) is 10.9. The Hall–Kier alpha value is -1.60. The Morgan fingerprint density at radius 2 is 2.04 bits per heavy atom. The maximum atomic E-state index is 11.1. The van der Waals surface area contributed by atoms with Crippen LogP contribution in [0.15, 0.2) is 23.2 Å². The molecule has 0 radical (unpaired) electrons. The van der Waals surface area contributed by atoms with Crippen LogP contribution < -0.4 is 0 Å². The zero-order valence-corrected chi connectivity index (χ0v) is 16.3. The van der Waals surface area contributed by atoms with E-state index in [9.17, 15) is 15.2 Å². The summed E-state index contributed by atoms with van der Waals surface area (Å²) in [5, 5.41) is 22.0. The van der Waals surface area contributed by atoms with Crippen LogP contribution in [0.5, 0.6) is 0 Å². The Labute approximate surface area is 153 Å². The third kappa shape index (κ3) is 4.73. The van der Waals surface area contributed by atoms with Crippen molar-refractivity contribution in [2.75, 3.05) is 12.3 Å². The van der Waals surface area contributed by atoms with Crippen molar-refractivity contribution in [3.8, 4) is 0 Å². The highest BCUT2D eigenvalue weighted by atomic mass is 32.2. The van der Waals surface area contributed by atoms with Crippen LogP contribution in [0.3, 0.4) is 0 Å². The Bertz CT molecular complexity index is 659. The van der Waals surface area contributed by atoms with Gasteiger partial charge in [-0.1, -0.05) is 39.5 Å². The Morgan fingerprint density at radius 3 is 2.56 bits per heavy atom. The lowest BCUT2D eigenvalue weighted by atomic mass is 10.0. The fraction of sp³-hybridized carbons (Fsp3) is 0.611. The number of non-ortho nitro benzene ring substituents is 1. The molecule has 0 unspecified atom stereocenters. The molecule has 1 aromatic rings. The average Bonchev–Trinajstić information content (AvgIpc) is 2.89. The molecule has 0 bridgehead atoms.